The monoisotopic (exact) mass is 463 g/mol. The van der Waals surface area contributed by atoms with E-state index < -0.39 is 5.76 Å². The summed E-state index contributed by atoms with van der Waals surface area (Å²) in [5, 5.41) is 4.23. The fraction of sp³-hybridized carbons (Fsp3) is 0.500. The van der Waals surface area contributed by atoms with E-state index in [9.17, 15) is 9.59 Å². The van der Waals surface area contributed by atoms with Crippen LogP contribution in [-0.2, 0) is 17.9 Å². The van der Waals surface area contributed by atoms with Gasteiger partial charge in [0.15, 0.2) is 5.76 Å². The largest absolute Gasteiger partial charge is 0.497 e. The molecule has 4 aliphatic rings. The molecule has 4 saturated carbocycles. The molecule has 1 aromatic carbocycles. The zero-order valence-electron chi connectivity index (χ0n) is 19.3. The van der Waals surface area contributed by atoms with E-state index >= 15 is 0 Å². The first kappa shape index (κ1) is 21.3. The number of hydrogen-bond donors (Lipinski definition) is 0. The number of carbonyl (C=O) groups is 1. The zero-order valence-corrected chi connectivity index (χ0v) is 19.3. The number of nitrogens with zero attached hydrogens (tertiary/aromatic N) is 3. The second-order valence-corrected chi connectivity index (χ2v) is 10.3. The van der Waals surface area contributed by atoms with Crippen LogP contribution in [0.15, 0.2) is 56.3 Å². The van der Waals surface area contributed by atoms with E-state index in [1.807, 2.05) is 29.2 Å². The van der Waals surface area contributed by atoms with Gasteiger partial charge in [-0.25, -0.2) is 4.79 Å². The number of methoxy groups -OCH3 is 1. The number of carbonyl (C=O) groups excluding carboxylic acids is 1. The minimum atomic E-state index is -0.661. The summed E-state index contributed by atoms with van der Waals surface area (Å²) in [5.41, 5.74) is 0.860. The molecule has 34 heavy (non-hydrogen) atoms. The van der Waals surface area contributed by atoms with Crippen molar-refractivity contribution in [1.82, 2.24) is 14.7 Å². The van der Waals surface area contributed by atoms with Crippen LogP contribution < -0.4 is 10.5 Å². The van der Waals surface area contributed by atoms with Crippen molar-refractivity contribution in [3.63, 3.8) is 0 Å². The number of aromatic nitrogens is 2. The van der Waals surface area contributed by atoms with Gasteiger partial charge in [-0.05, 0) is 86.1 Å². The summed E-state index contributed by atoms with van der Waals surface area (Å²) in [5.74, 6) is 2.50. The van der Waals surface area contributed by atoms with Crippen molar-refractivity contribution in [2.45, 2.75) is 57.2 Å². The second kappa shape index (κ2) is 8.18. The lowest BCUT2D eigenvalue weighted by Gasteiger charge is -2.60. The van der Waals surface area contributed by atoms with E-state index in [0.717, 1.165) is 35.3 Å². The molecule has 8 heteroatoms. The molecule has 2 aromatic heterocycles. The van der Waals surface area contributed by atoms with Gasteiger partial charge in [0.1, 0.15) is 12.3 Å². The third kappa shape index (κ3) is 3.75. The van der Waals surface area contributed by atoms with Gasteiger partial charge in [-0.15, -0.1) is 5.10 Å². The molecule has 178 valence electrons. The number of amides is 1. The van der Waals surface area contributed by atoms with E-state index in [2.05, 4.69) is 5.10 Å². The van der Waals surface area contributed by atoms with Crippen LogP contribution in [0.4, 0.5) is 0 Å². The number of rotatable bonds is 7. The summed E-state index contributed by atoms with van der Waals surface area (Å²) in [4.78, 5) is 28.4. The van der Waals surface area contributed by atoms with Gasteiger partial charge >= 0.3 is 5.76 Å². The molecule has 0 atom stereocenters. The summed E-state index contributed by atoms with van der Waals surface area (Å²) in [6, 6.07) is 11.2. The standard InChI is InChI=1S/C26H29N3O5/c1-32-21-5-2-4-17(11-21)15-28(26-12-18-8-19(13-26)10-20(9-18)14-26)23(30)16-29-25(31)34-24(27-29)22-6-3-7-33-22/h2-7,11,18-20H,8-10,12-16H2,1H3. The maximum Gasteiger partial charge on any atom is 0.437 e. The van der Waals surface area contributed by atoms with Crippen LogP contribution in [0, 0.1) is 17.8 Å². The minimum absolute atomic E-state index is 0.0805. The molecular formula is C26H29N3O5. The van der Waals surface area contributed by atoms with Crippen LogP contribution in [0.3, 0.4) is 0 Å². The van der Waals surface area contributed by atoms with E-state index in [4.69, 9.17) is 13.6 Å². The zero-order chi connectivity index (χ0) is 23.3. The lowest BCUT2D eigenvalue weighted by molar-refractivity contribution is -0.153. The van der Waals surface area contributed by atoms with Crippen LogP contribution in [0.25, 0.3) is 11.7 Å². The van der Waals surface area contributed by atoms with Crippen molar-refractivity contribution < 1.29 is 18.4 Å². The summed E-state index contributed by atoms with van der Waals surface area (Å²) < 4.78 is 17.1. The molecule has 0 aliphatic heterocycles. The van der Waals surface area contributed by atoms with Crippen molar-refractivity contribution >= 4 is 5.91 Å². The Kier molecular flexibility index (Phi) is 5.12. The van der Waals surface area contributed by atoms with Gasteiger partial charge in [0, 0.05) is 12.1 Å². The highest BCUT2D eigenvalue weighted by Gasteiger charge is 2.54. The third-order valence-corrected chi connectivity index (χ3v) is 7.98. The van der Waals surface area contributed by atoms with E-state index in [1.54, 1.807) is 19.2 Å². The SMILES string of the molecule is COc1cccc(CN(C(=O)Cn2nc(-c3ccco3)oc2=O)C23CC4CC(CC(C4)C2)C3)c1. The first-order valence-electron chi connectivity index (χ1n) is 12.1. The molecule has 0 N–H and O–H groups in total. The van der Waals surface area contributed by atoms with Gasteiger partial charge in [-0.1, -0.05) is 12.1 Å². The maximum absolute atomic E-state index is 13.9. The molecule has 1 amide bonds. The van der Waals surface area contributed by atoms with Crippen LogP contribution in [0.5, 0.6) is 5.75 Å². The van der Waals surface area contributed by atoms with Gasteiger partial charge in [0.05, 0.1) is 13.4 Å². The molecule has 4 bridgehead atoms. The Bertz CT molecular complexity index is 1210. The number of hydrogen-bond acceptors (Lipinski definition) is 6. The highest BCUT2D eigenvalue weighted by Crippen LogP contribution is 2.58. The molecule has 7 rings (SSSR count). The highest BCUT2D eigenvalue weighted by atomic mass is 16.5. The van der Waals surface area contributed by atoms with Gasteiger partial charge in [0.25, 0.3) is 5.89 Å². The molecule has 0 unspecified atom stereocenters. The molecule has 0 radical (unpaired) electrons. The van der Waals surface area contributed by atoms with Crippen LogP contribution >= 0.6 is 0 Å². The minimum Gasteiger partial charge on any atom is -0.497 e. The Morgan fingerprint density at radius 3 is 2.53 bits per heavy atom. The first-order chi connectivity index (χ1) is 16.5. The average Bonchev–Trinajstić information content (AvgIpc) is 3.47. The van der Waals surface area contributed by atoms with Crippen molar-refractivity contribution in [2.24, 2.45) is 17.8 Å². The maximum atomic E-state index is 13.9. The summed E-state index contributed by atoms with van der Waals surface area (Å²) in [6.45, 7) is 0.328. The second-order valence-electron chi connectivity index (χ2n) is 10.3. The lowest BCUT2D eigenvalue weighted by atomic mass is 9.52. The van der Waals surface area contributed by atoms with Crippen LogP contribution in [-0.4, -0.2) is 33.2 Å². The summed E-state index contributed by atoms with van der Waals surface area (Å²) >= 11 is 0. The fourth-order valence-corrected chi connectivity index (χ4v) is 6.99. The predicted octanol–water partition coefficient (Wildman–Crippen LogP) is 4.10. The van der Waals surface area contributed by atoms with Crippen LogP contribution in [0.2, 0.25) is 0 Å². The van der Waals surface area contributed by atoms with Crippen molar-refractivity contribution in [1.29, 1.82) is 0 Å². The van der Waals surface area contributed by atoms with Crippen molar-refractivity contribution in [3.8, 4) is 17.4 Å². The molecule has 0 spiro atoms. The molecule has 2 heterocycles. The fourth-order valence-electron chi connectivity index (χ4n) is 6.99. The van der Waals surface area contributed by atoms with Gasteiger partial charge in [-0.2, -0.15) is 4.68 Å². The van der Waals surface area contributed by atoms with Gasteiger partial charge in [0.2, 0.25) is 5.91 Å². The van der Waals surface area contributed by atoms with Gasteiger partial charge in [-0.3, -0.25) is 4.79 Å². The molecule has 8 nitrogen and oxygen atoms in total. The molecular weight excluding hydrogens is 434 g/mol. The molecule has 0 saturated heterocycles. The number of furan rings is 1. The van der Waals surface area contributed by atoms with Crippen LogP contribution in [0.1, 0.15) is 44.1 Å². The van der Waals surface area contributed by atoms with Crippen molar-refractivity contribution in [2.75, 3.05) is 7.11 Å². The summed E-state index contributed by atoms with van der Waals surface area (Å²) in [7, 11) is 1.65. The Labute approximate surface area is 197 Å². The van der Waals surface area contributed by atoms with Crippen molar-refractivity contribution in [3.05, 3.63) is 58.8 Å². The molecule has 4 aliphatic carbocycles. The Hall–Kier alpha value is -3.29. The highest BCUT2D eigenvalue weighted by molar-refractivity contribution is 5.77. The average molecular weight is 464 g/mol. The predicted molar refractivity (Wildman–Crippen MR) is 123 cm³/mol. The lowest BCUT2D eigenvalue weighted by Crippen LogP contribution is -2.61. The van der Waals surface area contributed by atoms with E-state index in [0.29, 0.717) is 30.1 Å². The third-order valence-electron chi connectivity index (χ3n) is 7.98. The van der Waals surface area contributed by atoms with E-state index in [1.165, 1.54) is 25.5 Å². The Morgan fingerprint density at radius 1 is 1.15 bits per heavy atom. The smallest absolute Gasteiger partial charge is 0.437 e. The number of ether oxygens (including phenoxy) is 1. The number of benzene rings is 1. The summed E-state index contributed by atoms with van der Waals surface area (Å²) in [6.07, 6.45) is 8.48. The molecule has 4 fully saturated rings. The van der Waals surface area contributed by atoms with E-state index in [-0.39, 0.29) is 23.9 Å². The quantitative estimate of drug-likeness (QED) is 0.524. The molecule has 3 aromatic rings. The first-order valence-corrected chi connectivity index (χ1v) is 12.1. The Balaban J connectivity index is 1.32. The van der Waals surface area contributed by atoms with Gasteiger partial charge < -0.3 is 18.5 Å². The topological polar surface area (TPSA) is 90.7 Å². The Morgan fingerprint density at radius 2 is 1.88 bits per heavy atom. The normalized spacial score (nSPS) is 27.1.